The molecule has 0 amide bonds. The molecule has 3 rings (SSSR count). The van der Waals surface area contributed by atoms with Crippen LogP contribution in [0.4, 0.5) is 0 Å². The summed E-state index contributed by atoms with van der Waals surface area (Å²) in [6.45, 7) is 3.11. The van der Waals surface area contributed by atoms with E-state index in [-0.39, 0.29) is 17.2 Å². The molecule has 4 heteroatoms. The van der Waals surface area contributed by atoms with Gasteiger partial charge in [-0.25, -0.2) is 0 Å². The molecule has 0 aromatic carbocycles. The van der Waals surface area contributed by atoms with E-state index >= 15 is 0 Å². The van der Waals surface area contributed by atoms with Gasteiger partial charge in [-0.15, -0.1) is 0 Å². The van der Waals surface area contributed by atoms with E-state index in [0.29, 0.717) is 17.4 Å². The number of likely N-dealkylation sites (N-methyl/N-ethyl adjacent to an activating group) is 1. The van der Waals surface area contributed by atoms with Crippen LogP contribution in [0.3, 0.4) is 0 Å². The number of likely N-dealkylation sites (tertiary alicyclic amines) is 1. The highest BCUT2D eigenvalue weighted by atomic mass is 35.5. The minimum Gasteiger partial charge on any atom is -0.375 e. The van der Waals surface area contributed by atoms with E-state index in [0.717, 1.165) is 18.7 Å². The SMILES string of the molecule is CCC1CN(C)C2=CC(Cl)=CC3C(=O)CC=NC213. The monoisotopic (exact) mass is 264 g/mol. The average molecular weight is 265 g/mol. The van der Waals surface area contributed by atoms with Crippen molar-refractivity contribution in [2.75, 3.05) is 13.6 Å². The van der Waals surface area contributed by atoms with Crippen LogP contribution < -0.4 is 0 Å². The van der Waals surface area contributed by atoms with Gasteiger partial charge >= 0.3 is 0 Å². The van der Waals surface area contributed by atoms with E-state index in [9.17, 15) is 4.79 Å². The summed E-state index contributed by atoms with van der Waals surface area (Å²) in [6.07, 6.45) is 7.12. The number of hydrogen-bond donors (Lipinski definition) is 0. The maximum absolute atomic E-state index is 12.2. The summed E-state index contributed by atoms with van der Waals surface area (Å²) in [7, 11) is 2.06. The van der Waals surface area contributed by atoms with Crippen LogP contribution in [0.1, 0.15) is 19.8 Å². The zero-order valence-electron chi connectivity index (χ0n) is 10.7. The molecule has 0 saturated carbocycles. The van der Waals surface area contributed by atoms with Gasteiger partial charge in [0.15, 0.2) is 0 Å². The summed E-state index contributed by atoms with van der Waals surface area (Å²) in [5, 5.41) is 0.666. The molecule has 3 unspecified atom stereocenters. The van der Waals surface area contributed by atoms with Gasteiger partial charge < -0.3 is 4.90 Å². The first-order chi connectivity index (χ1) is 8.59. The molecule has 18 heavy (non-hydrogen) atoms. The highest BCUT2D eigenvalue weighted by molar-refractivity contribution is 6.31. The van der Waals surface area contributed by atoms with Crippen molar-refractivity contribution in [3.05, 3.63) is 22.9 Å². The Morgan fingerprint density at radius 1 is 1.61 bits per heavy atom. The van der Waals surface area contributed by atoms with Gasteiger partial charge in [0.2, 0.25) is 0 Å². The standard InChI is InChI=1S/C14H17ClN2O/c1-3-9-8-17(2)13-7-10(15)6-11-12(18)4-5-16-14(9,11)13/h5-7,9,11H,3-4,8H2,1-2H3. The van der Waals surface area contributed by atoms with Crippen molar-refractivity contribution in [2.24, 2.45) is 16.8 Å². The van der Waals surface area contributed by atoms with Crippen LogP contribution in [0.2, 0.25) is 0 Å². The molecule has 96 valence electrons. The highest BCUT2D eigenvalue weighted by Crippen LogP contribution is 2.51. The average Bonchev–Trinajstić information content (AvgIpc) is 2.61. The van der Waals surface area contributed by atoms with Gasteiger partial charge in [0.05, 0.1) is 5.92 Å². The van der Waals surface area contributed by atoms with E-state index in [4.69, 9.17) is 16.6 Å². The summed E-state index contributed by atoms with van der Waals surface area (Å²) in [5.41, 5.74) is 0.730. The summed E-state index contributed by atoms with van der Waals surface area (Å²) in [5.74, 6) is 0.452. The fraction of sp³-hybridized carbons (Fsp3) is 0.571. The molecule has 0 bridgehead atoms. The third-order valence-corrected chi connectivity index (χ3v) is 4.69. The zero-order valence-corrected chi connectivity index (χ0v) is 11.4. The third kappa shape index (κ3) is 1.37. The van der Waals surface area contributed by atoms with Gasteiger partial charge in [-0.3, -0.25) is 9.79 Å². The Bertz CT molecular complexity index is 494. The van der Waals surface area contributed by atoms with E-state index in [1.54, 1.807) is 6.21 Å². The van der Waals surface area contributed by atoms with Crippen molar-refractivity contribution in [2.45, 2.75) is 25.3 Å². The maximum atomic E-state index is 12.2. The van der Waals surface area contributed by atoms with Crippen LogP contribution in [0.25, 0.3) is 0 Å². The third-order valence-electron chi connectivity index (χ3n) is 4.45. The molecule has 0 radical (unpaired) electrons. The van der Waals surface area contributed by atoms with Gasteiger partial charge in [0.25, 0.3) is 0 Å². The number of Topliss-reactive ketones (excluding diaryl/α,β-unsaturated/α-hetero) is 1. The van der Waals surface area contributed by atoms with Crippen molar-refractivity contribution in [1.29, 1.82) is 0 Å². The lowest BCUT2D eigenvalue weighted by Crippen LogP contribution is -2.48. The Morgan fingerprint density at radius 2 is 2.39 bits per heavy atom. The molecule has 1 fully saturated rings. The first-order valence-electron chi connectivity index (χ1n) is 6.46. The van der Waals surface area contributed by atoms with E-state index in [2.05, 4.69) is 18.9 Å². The van der Waals surface area contributed by atoms with Crippen LogP contribution in [-0.4, -0.2) is 36.0 Å². The molecule has 0 aromatic rings. The van der Waals surface area contributed by atoms with Gasteiger partial charge in [-0.05, 0) is 12.5 Å². The largest absolute Gasteiger partial charge is 0.375 e. The number of carbonyl (C=O) groups is 1. The summed E-state index contributed by atoms with van der Waals surface area (Å²) in [4.78, 5) is 19.2. The second-order valence-electron chi connectivity index (χ2n) is 5.35. The minimum absolute atomic E-state index is 0.176. The molecule has 0 N–H and O–H groups in total. The molecule has 3 nitrogen and oxygen atoms in total. The fourth-order valence-electron chi connectivity index (χ4n) is 3.63. The summed E-state index contributed by atoms with van der Waals surface area (Å²) < 4.78 is 0. The summed E-state index contributed by atoms with van der Waals surface area (Å²) >= 11 is 6.18. The van der Waals surface area contributed by atoms with Crippen molar-refractivity contribution >= 4 is 23.6 Å². The Kier molecular flexibility index (Phi) is 2.63. The number of halogens is 1. The predicted octanol–water partition coefficient (Wildman–Crippen LogP) is 2.38. The van der Waals surface area contributed by atoms with Crippen molar-refractivity contribution in [3.63, 3.8) is 0 Å². The van der Waals surface area contributed by atoms with Crippen molar-refractivity contribution < 1.29 is 4.79 Å². The van der Waals surface area contributed by atoms with Crippen molar-refractivity contribution in [1.82, 2.24) is 4.90 Å². The fourth-order valence-corrected chi connectivity index (χ4v) is 3.86. The molecule has 1 aliphatic carbocycles. The van der Waals surface area contributed by atoms with Crippen LogP contribution in [-0.2, 0) is 4.79 Å². The first kappa shape index (κ1) is 12.0. The molecule has 2 heterocycles. The molecule has 2 aliphatic heterocycles. The predicted molar refractivity (Wildman–Crippen MR) is 72.8 cm³/mol. The van der Waals surface area contributed by atoms with E-state index in [1.165, 1.54) is 0 Å². The topological polar surface area (TPSA) is 32.7 Å². The van der Waals surface area contributed by atoms with Crippen LogP contribution in [0.15, 0.2) is 27.9 Å². The number of hydrogen-bond acceptors (Lipinski definition) is 3. The van der Waals surface area contributed by atoms with Crippen LogP contribution in [0, 0.1) is 11.8 Å². The molecule has 3 aliphatic rings. The lowest BCUT2D eigenvalue weighted by molar-refractivity contribution is -0.122. The zero-order chi connectivity index (χ0) is 12.9. The number of allylic oxidation sites excluding steroid dienone is 2. The molecule has 3 atom stereocenters. The Balaban J connectivity index is 2.20. The normalized spacial score (nSPS) is 38.2. The number of carbonyl (C=O) groups excluding carboxylic acids is 1. The van der Waals surface area contributed by atoms with Gasteiger partial charge in [-0.1, -0.05) is 24.6 Å². The summed E-state index contributed by atoms with van der Waals surface area (Å²) in [6, 6.07) is 0. The Labute approximate surface area is 112 Å². The van der Waals surface area contributed by atoms with E-state index < -0.39 is 0 Å². The number of nitrogens with zero attached hydrogens (tertiary/aromatic N) is 2. The number of aliphatic imine (C=N–C) groups is 1. The van der Waals surface area contributed by atoms with Gasteiger partial charge in [-0.2, -0.15) is 0 Å². The smallest absolute Gasteiger partial charge is 0.147 e. The van der Waals surface area contributed by atoms with Crippen LogP contribution in [0.5, 0.6) is 0 Å². The quantitative estimate of drug-likeness (QED) is 0.728. The lowest BCUT2D eigenvalue weighted by Gasteiger charge is -2.41. The number of ketones is 1. The number of rotatable bonds is 1. The van der Waals surface area contributed by atoms with Crippen molar-refractivity contribution in [3.8, 4) is 0 Å². The maximum Gasteiger partial charge on any atom is 0.147 e. The molecular formula is C14H17ClN2O. The van der Waals surface area contributed by atoms with Gasteiger partial charge in [0, 0.05) is 42.9 Å². The second kappa shape index (κ2) is 3.95. The Morgan fingerprint density at radius 3 is 3.11 bits per heavy atom. The Hall–Kier alpha value is -1.09. The van der Waals surface area contributed by atoms with E-state index in [1.807, 2.05) is 12.2 Å². The first-order valence-corrected chi connectivity index (χ1v) is 6.84. The highest BCUT2D eigenvalue weighted by Gasteiger charge is 2.57. The van der Waals surface area contributed by atoms with Gasteiger partial charge in [0.1, 0.15) is 11.3 Å². The minimum atomic E-state index is -0.378. The molecule has 1 spiro atoms. The van der Waals surface area contributed by atoms with Crippen LogP contribution >= 0.6 is 11.6 Å². The molecule has 0 aromatic heterocycles. The second-order valence-corrected chi connectivity index (χ2v) is 5.79. The molecule has 1 saturated heterocycles. The molecular weight excluding hydrogens is 248 g/mol. The lowest BCUT2D eigenvalue weighted by atomic mass is 9.68.